The summed E-state index contributed by atoms with van der Waals surface area (Å²) in [5.41, 5.74) is 1.50. The molecule has 92 valence electrons. The molecular formula is C12H11N3O3. The molecule has 3 rings (SSSR count). The zero-order chi connectivity index (χ0) is 12.5. The van der Waals surface area contributed by atoms with Crippen molar-refractivity contribution in [2.24, 2.45) is 4.99 Å². The van der Waals surface area contributed by atoms with Crippen LogP contribution in [0.1, 0.15) is 16.8 Å². The highest BCUT2D eigenvalue weighted by molar-refractivity contribution is 6.10. The minimum Gasteiger partial charge on any atom is -0.408 e. The Morgan fingerprint density at radius 3 is 3.11 bits per heavy atom. The zero-order valence-electron chi connectivity index (χ0n) is 9.53. The molecule has 0 radical (unpaired) electrons. The van der Waals surface area contributed by atoms with Crippen molar-refractivity contribution in [1.82, 2.24) is 10.3 Å². The number of ketones is 1. The van der Waals surface area contributed by atoms with Gasteiger partial charge in [-0.2, -0.15) is 0 Å². The maximum absolute atomic E-state index is 12.0. The number of hydrogen-bond acceptors (Lipinski definition) is 5. The highest BCUT2D eigenvalue weighted by Gasteiger charge is 2.14. The number of aromatic nitrogens is 1. The van der Waals surface area contributed by atoms with E-state index in [1.54, 1.807) is 18.2 Å². The summed E-state index contributed by atoms with van der Waals surface area (Å²) < 4.78 is 4.92. The molecule has 1 aromatic carbocycles. The number of rotatable bonds is 3. The van der Waals surface area contributed by atoms with Crippen molar-refractivity contribution < 1.29 is 9.21 Å². The minimum absolute atomic E-state index is 0.0473. The van der Waals surface area contributed by atoms with Crippen molar-refractivity contribution in [3.05, 3.63) is 34.3 Å². The third-order valence-corrected chi connectivity index (χ3v) is 2.81. The van der Waals surface area contributed by atoms with Crippen molar-refractivity contribution in [3.63, 3.8) is 0 Å². The van der Waals surface area contributed by atoms with Crippen LogP contribution in [0.25, 0.3) is 11.1 Å². The lowest BCUT2D eigenvalue weighted by Crippen LogP contribution is -2.21. The van der Waals surface area contributed by atoms with E-state index in [9.17, 15) is 9.59 Å². The van der Waals surface area contributed by atoms with Crippen molar-refractivity contribution >= 4 is 22.7 Å². The molecule has 0 atom stereocenters. The van der Waals surface area contributed by atoms with Crippen LogP contribution < -0.4 is 11.1 Å². The first-order valence-corrected chi connectivity index (χ1v) is 5.66. The minimum atomic E-state index is -0.517. The molecule has 2 heterocycles. The van der Waals surface area contributed by atoms with Gasteiger partial charge in [-0.1, -0.05) is 0 Å². The molecule has 18 heavy (non-hydrogen) atoms. The smallest absolute Gasteiger partial charge is 0.408 e. The lowest BCUT2D eigenvalue weighted by molar-refractivity contribution is 0.1000. The summed E-state index contributed by atoms with van der Waals surface area (Å²) in [5.74, 6) is 0.154. The Morgan fingerprint density at radius 1 is 1.44 bits per heavy atom. The maximum Gasteiger partial charge on any atom is 0.417 e. The average Bonchev–Trinajstić information content (AvgIpc) is 2.95. The van der Waals surface area contributed by atoms with Crippen LogP contribution in [0.5, 0.6) is 0 Å². The quantitative estimate of drug-likeness (QED) is 0.779. The van der Waals surface area contributed by atoms with Crippen molar-refractivity contribution in [2.45, 2.75) is 6.42 Å². The van der Waals surface area contributed by atoms with Gasteiger partial charge in [0.1, 0.15) is 5.84 Å². The lowest BCUT2D eigenvalue weighted by atomic mass is 10.1. The van der Waals surface area contributed by atoms with Gasteiger partial charge >= 0.3 is 5.76 Å². The van der Waals surface area contributed by atoms with Crippen LogP contribution in [-0.4, -0.2) is 29.7 Å². The fourth-order valence-electron chi connectivity index (χ4n) is 1.94. The predicted molar refractivity (Wildman–Crippen MR) is 66.1 cm³/mol. The Morgan fingerprint density at radius 2 is 2.33 bits per heavy atom. The van der Waals surface area contributed by atoms with Crippen molar-refractivity contribution in [3.8, 4) is 0 Å². The summed E-state index contributed by atoms with van der Waals surface area (Å²) in [6, 6.07) is 4.91. The Hall–Kier alpha value is -2.37. The molecule has 0 bridgehead atoms. The summed E-state index contributed by atoms with van der Waals surface area (Å²) in [5, 5.41) is 3.05. The summed E-state index contributed by atoms with van der Waals surface area (Å²) in [4.78, 5) is 29.7. The van der Waals surface area contributed by atoms with Gasteiger partial charge in [-0.05, 0) is 18.2 Å². The molecule has 1 aliphatic rings. The van der Waals surface area contributed by atoms with Crippen LogP contribution >= 0.6 is 0 Å². The Kier molecular flexibility index (Phi) is 2.47. The molecule has 0 amide bonds. The molecule has 0 spiro atoms. The van der Waals surface area contributed by atoms with Gasteiger partial charge in [0, 0.05) is 12.1 Å². The topological polar surface area (TPSA) is 87.5 Å². The van der Waals surface area contributed by atoms with E-state index in [4.69, 9.17) is 4.42 Å². The number of hydrogen-bond donors (Lipinski definition) is 2. The first-order chi connectivity index (χ1) is 8.72. The second-order valence-electron chi connectivity index (χ2n) is 4.08. The van der Waals surface area contributed by atoms with Crippen LogP contribution in [0.4, 0.5) is 0 Å². The van der Waals surface area contributed by atoms with Crippen LogP contribution in [0.2, 0.25) is 0 Å². The lowest BCUT2D eigenvalue weighted by Gasteiger charge is -2.01. The first kappa shape index (κ1) is 10.8. The summed E-state index contributed by atoms with van der Waals surface area (Å²) in [6.45, 7) is 1.50. The molecule has 0 saturated heterocycles. The van der Waals surface area contributed by atoms with E-state index in [0.717, 1.165) is 12.4 Å². The number of carbonyl (C=O) groups excluding carboxylic acids is 1. The molecule has 0 unspecified atom stereocenters. The van der Waals surface area contributed by atoms with Crippen LogP contribution in [0, 0.1) is 0 Å². The number of nitrogens with zero attached hydrogens (tertiary/aromatic N) is 1. The van der Waals surface area contributed by atoms with Gasteiger partial charge in [-0.15, -0.1) is 0 Å². The summed E-state index contributed by atoms with van der Waals surface area (Å²) in [6.07, 6.45) is 0.250. The second-order valence-corrected chi connectivity index (χ2v) is 4.08. The van der Waals surface area contributed by atoms with Gasteiger partial charge in [0.25, 0.3) is 0 Å². The van der Waals surface area contributed by atoms with Crippen LogP contribution in [-0.2, 0) is 0 Å². The van der Waals surface area contributed by atoms with Crippen LogP contribution in [0.3, 0.4) is 0 Å². The zero-order valence-corrected chi connectivity index (χ0v) is 9.53. The van der Waals surface area contributed by atoms with Gasteiger partial charge in [-0.3, -0.25) is 14.8 Å². The standard InChI is InChI=1S/C12H11N3O3/c16-9(6-11-13-3-4-14-11)7-1-2-8-10(5-7)18-12(17)15-8/h1-2,5H,3-4,6H2,(H,13,14)(H,15,17). The van der Waals surface area contributed by atoms with E-state index in [-0.39, 0.29) is 12.2 Å². The van der Waals surface area contributed by atoms with Gasteiger partial charge in [0.2, 0.25) is 0 Å². The third-order valence-electron chi connectivity index (χ3n) is 2.81. The van der Waals surface area contributed by atoms with Gasteiger partial charge in [0.15, 0.2) is 11.4 Å². The van der Waals surface area contributed by atoms with Crippen molar-refractivity contribution in [1.29, 1.82) is 0 Å². The molecule has 1 aromatic heterocycles. The SMILES string of the molecule is O=C(CC1=NCCN1)c1ccc2[nH]c(=O)oc2c1. The fourth-order valence-corrected chi connectivity index (χ4v) is 1.94. The molecule has 1 aliphatic heterocycles. The molecular weight excluding hydrogens is 234 g/mol. The number of aromatic amines is 1. The highest BCUT2D eigenvalue weighted by Crippen LogP contribution is 2.14. The number of nitrogens with one attached hydrogen (secondary N) is 2. The van der Waals surface area contributed by atoms with E-state index in [2.05, 4.69) is 15.3 Å². The van der Waals surface area contributed by atoms with Gasteiger partial charge in [-0.25, -0.2) is 4.79 Å². The number of benzene rings is 1. The largest absolute Gasteiger partial charge is 0.417 e. The maximum atomic E-state index is 12.0. The molecule has 6 heteroatoms. The number of H-pyrrole nitrogens is 1. The third kappa shape index (κ3) is 1.92. The summed E-state index contributed by atoms with van der Waals surface area (Å²) in [7, 11) is 0. The molecule has 0 saturated carbocycles. The van der Waals surface area contributed by atoms with Crippen molar-refractivity contribution in [2.75, 3.05) is 13.1 Å². The number of carbonyl (C=O) groups is 1. The molecule has 2 aromatic rings. The van der Waals surface area contributed by atoms with E-state index in [0.29, 0.717) is 23.2 Å². The number of aliphatic imine (C=N–C) groups is 1. The number of oxazole rings is 1. The van der Waals surface area contributed by atoms with Gasteiger partial charge in [0.05, 0.1) is 18.5 Å². The molecule has 6 nitrogen and oxygen atoms in total. The number of fused-ring (bicyclic) bond motifs is 1. The highest BCUT2D eigenvalue weighted by atomic mass is 16.4. The monoisotopic (exact) mass is 245 g/mol. The Balaban J connectivity index is 1.88. The Labute approximate surface area is 102 Å². The van der Waals surface area contributed by atoms with Gasteiger partial charge < -0.3 is 9.73 Å². The average molecular weight is 245 g/mol. The predicted octanol–water partition coefficient (Wildman–Crippen LogP) is 0.696. The first-order valence-electron chi connectivity index (χ1n) is 5.66. The molecule has 2 N–H and O–H groups in total. The fraction of sp³-hybridized carbons (Fsp3) is 0.250. The molecule has 0 fully saturated rings. The van der Waals surface area contributed by atoms with E-state index in [1.807, 2.05) is 0 Å². The Bertz CT molecular complexity index is 696. The summed E-state index contributed by atoms with van der Waals surface area (Å²) >= 11 is 0. The number of Topliss-reactive ketones (excluding diaryl/α,β-unsaturated/α-hetero) is 1. The second kappa shape index (κ2) is 4.14. The van der Waals surface area contributed by atoms with E-state index in [1.165, 1.54) is 0 Å². The number of amidine groups is 1. The normalized spacial score (nSPS) is 14.6. The van der Waals surface area contributed by atoms with E-state index < -0.39 is 5.76 Å². The van der Waals surface area contributed by atoms with Crippen LogP contribution in [0.15, 0.2) is 32.4 Å². The van der Waals surface area contributed by atoms with E-state index >= 15 is 0 Å². The molecule has 0 aliphatic carbocycles.